The smallest absolute Gasteiger partial charge is 0.254 e. The zero-order valence-electron chi connectivity index (χ0n) is 20.5. The quantitative estimate of drug-likeness (QED) is 0.414. The maximum absolute atomic E-state index is 13.8. The third-order valence-corrected chi connectivity index (χ3v) is 6.62. The van der Waals surface area contributed by atoms with Gasteiger partial charge in [0.05, 0.1) is 36.2 Å². The van der Waals surface area contributed by atoms with E-state index < -0.39 is 0 Å². The average molecular weight is 484 g/mol. The Morgan fingerprint density at radius 2 is 1.94 bits per heavy atom. The Kier molecular flexibility index (Phi) is 6.66. The van der Waals surface area contributed by atoms with Crippen LogP contribution in [0, 0.1) is 0 Å². The molecule has 0 bridgehead atoms. The Bertz CT molecular complexity index is 1400. The first kappa shape index (κ1) is 23.5. The second-order valence-electron chi connectivity index (χ2n) is 8.98. The summed E-state index contributed by atoms with van der Waals surface area (Å²) in [5, 5.41) is 2.91. The lowest BCUT2D eigenvalue weighted by molar-refractivity contribution is -0.114. The minimum atomic E-state index is -0.202. The number of hydrogen-bond acceptors (Lipinski definition) is 5. The summed E-state index contributed by atoms with van der Waals surface area (Å²) in [6.07, 6.45) is 6.03. The van der Waals surface area contributed by atoms with Crippen molar-refractivity contribution in [2.24, 2.45) is 0 Å². The highest BCUT2D eigenvalue weighted by atomic mass is 16.5. The van der Waals surface area contributed by atoms with Gasteiger partial charge in [0.2, 0.25) is 5.91 Å². The highest BCUT2D eigenvalue weighted by Crippen LogP contribution is 2.38. The molecule has 8 heteroatoms. The van der Waals surface area contributed by atoms with Gasteiger partial charge in [-0.05, 0) is 43.2 Å². The lowest BCUT2D eigenvalue weighted by Crippen LogP contribution is -2.31. The van der Waals surface area contributed by atoms with Crippen LogP contribution >= 0.6 is 0 Å². The number of rotatable bonds is 7. The average Bonchev–Trinajstić information content (AvgIpc) is 3.55. The number of carbonyl (C=O) groups is 2. The van der Waals surface area contributed by atoms with Gasteiger partial charge in [-0.3, -0.25) is 14.6 Å². The van der Waals surface area contributed by atoms with Crippen LogP contribution in [0.4, 0.5) is 5.69 Å². The number of nitrogens with zero attached hydrogens (tertiary/aromatic N) is 4. The number of benzene rings is 2. The van der Waals surface area contributed by atoms with E-state index in [2.05, 4.69) is 15.3 Å². The van der Waals surface area contributed by atoms with Crippen molar-refractivity contribution in [3.63, 3.8) is 0 Å². The number of carbonyl (C=O) groups excluding carboxylic acids is 2. The second-order valence-corrected chi connectivity index (χ2v) is 8.98. The minimum Gasteiger partial charge on any atom is -0.496 e. The molecular weight excluding hydrogens is 454 g/mol. The maximum Gasteiger partial charge on any atom is 0.254 e. The molecule has 2 amide bonds. The van der Waals surface area contributed by atoms with E-state index in [0.29, 0.717) is 29.9 Å². The molecule has 1 atom stereocenters. The predicted octanol–water partition coefficient (Wildman–Crippen LogP) is 4.62. The normalized spacial score (nSPS) is 15.3. The molecule has 1 unspecified atom stereocenters. The molecule has 3 heterocycles. The number of para-hydroxylation sites is 1. The third kappa shape index (κ3) is 4.66. The number of nitrogens with one attached hydrogen (secondary N) is 1. The summed E-state index contributed by atoms with van der Waals surface area (Å²) < 4.78 is 7.56. The summed E-state index contributed by atoms with van der Waals surface area (Å²) in [5.41, 5.74) is 4.52. The van der Waals surface area contributed by atoms with Gasteiger partial charge in [-0.15, -0.1) is 0 Å². The van der Waals surface area contributed by atoms with E-state index in [0.717, 1.165) is 41.8 Å². The number of anilines is 1. The van der Waals surface area contributed by atoms with Gasteiger partial charge in [0.25, 0.3) is 5.91 Å². The lowest BCUT2D eigenvalue weighted by atomic mass is 10.0. The molecule has 0 aliphatic carbocycles. The van der Waals surface area contributed by atoms with E-state index in [1.807, 2.05) is 58.0 Å². The first-order chi connectivity index (χ1) is 17.5. The summed E-state index contributed by atoms with van der Waals surface area (Å²) in [6, 6.07) is 17.2. The van der Waals surface area contributed by atoms with Crippen LogP contribution < -0.4 is 10.1 Å². The van der Waals surface area contributed by atoms with Gasteiger partial charge in [0, 0.05) is 49.5 Å². The Morgan fingerprint density at radius 3 is 2.72 bits per heavy atom. The van der Waals surface area contributed by atoms with Crippen LogP contribution in [0.15, 0.2) is 67.1 Å². The van der Waals surface area contributed by atoms with E-state index in [1.165, 1.54) is 6.92 Å². The molecule has 36 heavy (non-hydrogen) atoms. The topological polar surface area (TPSA) is 89.4 Å². The van der Waals surface area contributed by atoms with Crippen LogP contribution in [-0.2, 0) is 17.8 Å². The molecule has 2 aromatic carbocycles. The number of hydrogen-bond donors (Lipinski definition) is 1. The molecule has 1 fully saturated rings. The monoisotopic (exact) mass is 483 g/mol. The van der Waals surface area contributed by atoms with E-state index in [1.54, 1.807) is 25.7 Å². The molecule has 2 aromatic heterocycles. The molecular formula is C28H29N5O3. The molecule has 8 nitrogen and oxygen atoms in total. The summed E-state index contributed by atoms with van der Waals surface area (Å²) in [6.45, 7) is 2.77. The molecule has 5 rings (SSSR count). The molecule has 184 valence electrons. The number of likely N-dealkylation sites (tertiary alicyclic amines) is 1. The summed E-state index contributed by atoms with van der Waals surface area (Å²) in [7, 11) is 1.65. The van der Waals surface area contributed by atoms with Crippen LogP contribution in [0.3, 0.4) is 0 Å². The number of methoxy groups -OCH3 is 1. The van der Waals surface area contributed by atoms with Crippen molar-refractivity contribution in [3.8, 4) is 5.75 Å². The molecule has 1 aliphatic heterocycles. The van der Waals surface area contributed by atoms with Gasteiger partial charge in [0.15, 0.2) is 0 Å². The summed E-state index contributed by atoms with van der Waals surface area (Å²) >= 11 is 0. The van der Waals surface area contributed by atoms with Crippen molar-refractivity contribution >= 4 is 28.5 Å². The highest BCUT2D eigenvalue weighted by molar-refractivity contribution is 6.05. The van der Waals surface area contributed by atoms with Gasteiger partial charge in [-0.2, -0.15) is 0 Å². The zero-order valence-corrected chi connectivity index (χ0v) is 20.5. The Morgan fingerprint density at radius 1 is 1.11 bits per heavy atom. The number of pyridine rings is 1. The van der Waals surface area contributed by atoms with Crippen molar-refractivity contribution in [1.82, 2.24) is 19.4 Å². The number of imidazole rings is 1. The van der Waals surface area contributed by atoms with E-state index in [4.69, 9.17) is 4.74 Å². The fourth-order valence-electron chi connectivity index (χ4n) is 5.01. The summed E-state index contributed by atoms with van der Waals surface area (Å²) in [5.74, 6) is 0.495. The van der Waals surface area contributed by atoms with Gasteiger partial charge in [-0.25, -0.2) is 4.98 Å². The zero-order chi connectivity index (χ0) is 25.1. The highest BCUT2D eigenvalue weighted by Gasteiger charge is 2.33. The number of aromatic nitrogens is 3. The molecule has 0 radical (unpaired) electrons. The third-order valence-electron chi connectivity index (χ3n) is 6.62. The van der Waals surface area contributed by atoms with Crippen molar-refractivity contribution in [2.75, 3.05) is 19.0 Å². The summed E-state index contributed by atoms with van der Waals surface area (Å²) in [4.78, 5) is 36.7. The number of ether oxygens (including phenoxy) is 1. The molecule has 4 aromatic rings. The van der Waals surface area contributed by atoms with E-state index >= 15 is 0 Å². The molecule has 1 N–H and O–H groups in total. The molecule has 1 saturated heterocycles. The van der Waals surface area contributed by atoms with Crippen molar-refractivity contribution in [2.45, 2.75) is 38.8 Å². The van der Waals surface area contributed by atoms with Crippen LogP contribution in [0.2, 0.25) is 0 Å². The van der Waals surface area contributed by atoms with Gasteiger partial charge < -0.3 is 19.5 Å². The van der Waals surface area contributed by atoms with Crippen LogP contribution in [0.1, 0.15) is 47.4 Å². The first-order valence-corrected chi connectivity index (χ1v) is 12.2. The minimum absolute atomic E-state index is 0.0653. The van der Waals surface area contributed by atoms with Crippen LogP contribution in [0.5, 0.6) is 5.75 Å². The predicted molar refractivity (Wildman–Crippen MR) is 138 cm³/mol. The number of fused-ring (bicyclic) bond motifs is 1. The fraction of sp³-hybridized carbons (Fsp3) is 0.286. The van der Waals surface area contributed by atoms with Crippen molar-refractivity contribution < 1.29 is 14.3 Å². The standard InChI is InChI=1S/C28H29N5O3/c1-19(34)31-24-17-20(16-23-27(24)32(18-30-23)15-12-21-8-5-6-13-29-21)28(35)33-14-7-10-25(33)22-9-3-4-11-26(22)36-2/h3-6,8-9,11,13,16-18,25H,7,10,12,14-15H2,1-2H3,(H,31,34). The largest absolute Gasteiger partial charge is 0.496 e. The maximum atomic E-state index is 13.8. The first-order valence-electron chi connectivity index (χ1n) is 12.2. The van der Waals surface area contributed by atoms with Gasteiger partial charge >= 0.3 is 0 Å². The second kappa shape index (κ2) is 10.2. The fourth-order valence-corrected chi connectivity index (χ4v) is 5.01. The lowest BCUT2D eigenvalue weighted by Gasteiger charge is -2.26. The van der Waals surface area contributed by atoms with Crippen LogP contribution in [0.25, 0.3) is 11.0 Å². The van der Waals surface area contributed by atoms with Crippen molar-refractivity contribution in [3.05, 3.63) is 83.9 Å². The Labute approximate surface area is 209 Å². The van der Waals surface area contributed by atoms with Crippen molar-refractivity contribution in [1.29, 1.82) is 0 Å². The van der Waals surface area contributed by atoms with E-state index in [9.17, 15) is 9.59 Å². The molecule has 1 aliphatic rings. The van der Waals surface area contributed by atoms with Crippen LogP contribution in [-0.4, -0.2) is 44.9 Å². The molecule has 0 spiro atoms. The number of amides is 2. The van der Waals surface area contributed by atoms with E-state index in [-0.39, 0.29) is 17.9 Å². The SMILES string of the molecule is COc1ccccc1C1CCCN1C(=O)c1cc(NC(C)=O)c2c(c1)ncn2CCc1ccccn1. The van der Waals surface area contributed by atoms with Gasteiger partial charge in [0.1, 0.15) is 5.75 Å². The number of aryl methyl sites for hydroxylation is 2. The Balaban J connectivity index is 1.48. The van der Waals surface area contributed by atoms with Gasteiger partial charge in [-0.1, -0.05) is 24.3 Å². The Hall–Kier alpha value is -4.20. The molecule has 0 saturated carbocycles.